The van der Waals surface area contributed by atoms with Crippen molar-refractivity contribution in [1.29, 1.82) is 0 Å². The third kappa shape index (κ3) is 7.94. The van der Waals surface area contributed by atoms with Crippen molar-refractivity contribution < 1.29 is 41.8 Å². The molecule has 230 valence electrons. The molecule has 0 aliphatic rings. The van der Waals surface area contributed by atoms with Crippen LogP contribution in [0.5, 0.6) is 5.75 Å². The number of rotatable bonds is 13. The predicted octanol–water partition coefficient (Wildman–Crippen LogP) is 5.34. The van der Waals surface area contributed by atoms with Crippen molar-refractivity contribution in [3.63, 3.8) is 0 Å². The van der Waals surface area contributed by atoms with Crippen LogP contribution in [-0.4, -0.2) is 39.0 Å². The molecule has 3 rings (SSSR count). The molecule has 1 N–H and O–H groups in total. The fourth-order valence-corrected chi connectivity index (χ4v) is 4.85. The summed E-state index contributed by atoms with van der Waals surface area (Å²) >= 11 is 0. The lowest BCUT2D eigenvalue weighted by Gasteiger charge is -2.23. The zero-order chi connectivity index (χ0) is 32.1. The highest BCUT2D eigenvalue weighted by Gasteiger charge is 2.31. The Bertz CT molecular complexity index is 1560. The Hall–Kier alpha value is -4.35. The number of halogens is 4. The van der Waals surface area contributed by atoms with Crippen molar-refractivity contribution in [1.82, 2.24) is 9.78 Å². The van der Waals surface area contributed by atoms with Crippen molar-refractivity contribution in [3.05, 3.63) is 92.9 Å². The summed E-state index contributed by atoms with van der Waals surface area (Å²) in [6, 6.07) is 8.93. The van der Waals surface area contributed by atoms with Crippen molar-refractivity contribution in [2.24, 2.45) is 5.92 Å². The van der Waals surface area contributed by atoms with E-state index < -0.39 is 83.4 Å². The minimum atomic E-state index is -1.87. The maximum atomic E-state index is 13.9. The molecule has 0 spiro atoms. The van der Waals surface area contributed by atoms with Crippen LogP contribution >= 0.6 is 0 Å². The number of ketones is 2. The van der Waals surface area contributed by atoms with E-state index in [2.05, 4.69) is 9.84 Å². The molecular formula is C31H32F4N2O6. The second-order valence-electron chi connectivity index (χ2n) is 11.1. The molecule has 0 aliphatic carbocycles. The fourth-order valence-electron chi connectivity index (χ4n) is 4.85. The highest BCUT2D eigenvalue weighted by Crippen LogP contribution is 2.29. The standard InChI is InChI=1S/C31H32F4N2O6/c1-5-19(20-10-11-36-37(30(20)42)15-17-8-6-7-9-21(17)31(2,3)4)24(38)12-18(13-26(40)41)25(39)16-43-29-27(34)22(32)14-23(33)28(29)35/h6-11,14,18-19H,5,12-13,15-16H2,1-4H3,(H,40,41)/t18-,19+/m0/s1. The number of carbonyl (C=O) groups is 3. The van der Waals surface area contributed by atoms with Gasteiger partial charge in [-0.15, -0.1) is 0 Å². The molecule has 1 aromatic heterocycles. The van der Waals surface area contributed by atoms with Gasteiger partial charge in [-0.3, -0.25) is 19.2 Å². The molecule has 0 saturated heterocycles. The molecule has 3 aromatic rings. The van der Waals surface area contributed by atoms with Crippen LogP contribution in [-0.2, 0) is 26.3 Å². The molecule has 43 heavy (non-hydrogen) atoms. The molecule has 8 nitrogen and oxygen atoms in total. The van der Waals surface area contributed by atoms with Crippen molar-refractivity contribution in [3.8, 4) is 5.75 Å². The first-order valence-corrected chi connectivity index (χ1v) is 13.5. The first-order chi connectivity index (χ1) is 20.1. The molecule has 0 fully saturated rings. The quantitative estimate of drug-likeness (QED) is 0.207. The number of carbonyl (C=O) groups excluding carboxylic acids is 2. The number of nitrogens with zero attached hydrogens (tertiary/aromatic N) is 2. The largest absolute Gasteiger partial charge is 0.481 e. The molecule has 0 bridgehead atoms. The van der Waals surface area contributed by atoms with Gasteiger partial charge in [-0.1, -0.05) is 52.0 Å². The average Bonchev–Trinajstić information content (AvgIpc) is 2.93. The summed E-state index contributed by atoms with van der Waals surface area (Å²) in [6.45, 7) is 6.72. The number of benzene rings is 2. The number of hydrogen-bond donors (Lipinski definition) is 1. The summed E-state index contributed by atoms with van der Waals surface area (Å²) in [6.07, 6.45) is 0.0442. The molecule has 2 aromatic carbocycles. The number of aromatic nitrogens is 2. The fraction of sp³-hybridized carbons (Fsp3) is 0.387. The SMILES string of the molecule is CC[C@@H](C(=O)C[C@@H](CC(=O)O)C(=O)COc1c(F)c(F)cc(F)c1F)c1ccnn(Cc2ccccc2C(C)(C)C)c1=O. The van der Waals surface area contributed by atoms with Crippen LogP contribution in [0.4, 0.5) is 17.6 Å². The highest BCUT2D eigenvalue weighted by molar-refractivity contribution is 5.93. The number of carboxylic acid groups (broad SMARTS) is 1. The molecule has 1 heterocycles. The van der Waals surface area contributed by atoms with Gasteiger partial charge in [-0.25, -0.2) is 13.5 Å². The highest BCUT2D eigenvalue weighted by atomic mass is 19.2. The van der Waals surface area contributed by atoms with Gasteiger partial charge in [0.25, 0.3) is 5.56 Å². The molecule has 2 atom stereocenters. The normalized spacial score (nSPS) is 12.9. The lowest BCUT2D eigenvalue weighted by Crippen LogP contribution is -2.32. The molecular weight excluding hydrogens is 572 g/mol. The summed E-state index contributed by atoms with van der Waals surface area (Å²) in [5, 5.41) is 13.5. The molecule has 0 amide bonds. The van der Waals surface area contributed by atoms with E-state index in [-0.39, 0.29) is 30.0 Å². The van der Waals surface area contributed by atoms with E-state index in [1.165, 1.54) is 16.9 Å². The molecule has 12 heteroatoms. The van der Waals surface area contributed by atoms with E-state index in [1.807, 2.05) is 45.0 Å². The molecule has 0 aliphatic heterocycles. The Morgan fingerprint density at radius 1 is 0.977 bits per heavy atom. The summed E-state index contributed by atoms with van der Waals surface area (Å²) in [5.41, 5.74) is 1.23. The van der Waals surface area contributed by atoms with Crippen molar-refractivity contribution in [2.45, 2.75) is 64.8 Å². The van der Waals surface area contributed by atoms with Gasteiger partial charge in [0.2, 0.25) is 11.6 Å². The number of ether oxygens (including phenoxy) is 1. The van der Waals surface area contributed by atoms with E-state index in [1.54, 1.807) is 6.92 Å². The van der Waals surface area contributed by atoms with E-state index in [4.69, 9.17) is 0 Å². The first kappa shape index (κ1) is 33.2. The Morgan fingerprint density at radius 3 is 2.19 bits per heavy atom. The van der Waals surface area contributed by atoms with Gasteiger partial charge >= 0.3 is 5.97 Å². The lowest BCUT2D eigenvalue weighted by atomic mass is 9.83. The Labute approximate surface area is 245 Å². The second kappa shape index (κ2) is 13.7. The Kier molecular flexibility index (Phi) is 10.6. The number of carboxylic acids is 1. The molecule has 0 radical (unpaired) electrons. The van der Waals surface area contributed by atoms with E-state index in [0.29, 0.717) is 0 Å². The topological polar surface area (TPSA) is 116 Å². The van der Waals surface area contributed by atoms with Crippen LogP contribution in [0.15, 0.2) is 47.4 Å². The summed E-state index contributed by atoms with van der Waals surface area (Å²) in [4.78, 5) is 51.1. The van der Waals surface area contributed by atoms with Gasteiger partial charge in [-0.05, 0) is 29.0 Å². The summed E-state index contributed by atoms with van der Waals surface area (Å²) in [7, 11) is 0. The van der Waals surface area contributed by atoms with Gasteiger partial charge in [0.1, 0.15) is 12.4 Å². The second-order valence-corrected chi connectivity index (χ2v) is 11.1. The van der Waals surface area contributed by atoms with Gasteiger partial charge < -0.3 is 9.84 Å². The first-order valence-electron chi connectivity index (χ1n) is 13.5. The molecule has 0 saturated carbocycles. The lowest BCUT2D eigenvalue weighted by molar-refractivity contribution is -0.141. The van der Waals surface area contributed by atoms with Crippen LogP contribution in [0.2, 0.25) is 0 Å². The maximum Gasteiger partial charge on any atom is 0.304 e. The summed E-state index contributed by atoms with van der Waals surface area (Å²) in [5.74, 6) is -14.4. The van der Waals surface area contributed by atoms with Crippen LogP contribution in [0.3, 0.4) is 0 Å². The predicted molar refractivity (Wildman–Crippen MR) is 148 cm³/mol. The van der Waals surface area contributed by atoms with E-state index in [9.17, 15) is 41.8 Å². The third-order valence-electron chi connectivity index (χ3n) is 7.01. The van der Waals surface area contributed by atoms with Gasteiger partial charge in [-0.2, -0.15) is 13.9 Å². The number of hydrogen-bond acceptors (Lipinski definition) is 6. The van der Waals surface area contributed by atoms with E-state index >= 15 is 0 Å². The molecule has 0 unspecified atom stereocenters. The number of Topliss-reactive ketones (excluding diaryl/α,β-unsaturated/α-hetero) is 2. The Balaban J connectivity index is 1.84. The minimum absolute atomic E-state index is 0.0352. The van der Waals surface area contributed by atoms with Crippen molar-refractivity contribution in [2.75, 3.05) is 6.61 Å². The van der Waals surface area contributed by atoms with Crippen LogP contribution < -0.4 is 10.3 Å². The zero-order valence-corrected chi connectivity index (χ0v) is 24.1. The number of aliphatic carboxylic acids is 1. The van der Waals surface area contributed by atoms with Gasteiger partial charge in [0.15, 0.2) is 23.2 Å². The van der Waals surface area contributed by atoms with Crippen molar-refractivity contribution >= 4 is 17.5 Å². The monoisotopic (exact) mass is 604 g/mol. The summed E-state index contributed by atoms with van der Waals surface area (Å²) < 4.78 is 60.8. The minimum Gasteiger partial charge on any atom is -0.481 e. The van der Waals surface area contributed by atoms with Crippen LogP contribution in [0.25, 0.3) is 0 Å². The zero-order valence-electron chi connectivity index (χ0n) is 24.1. The van der Waals surface area contributed by atoms with Gasteiger partial charge in [0.05, 0.1) is 13.0 Å². The van der Waals surface area contributed by atoms with Crippen LogP contribution in [0, 0.1) is 29.2 Å². The van der Waals surface area contributed by atoms with Gasteiger partial charge in [0, 0.05) is 36.1 Å². The van der Waals surface area contributed by atoms with Crippen LogP contribution in [0.1, 0.15) is 69.6 Å². The Morgan fingerprint density at radius 2 is 1.60 bits per heavy atom. The maximum absolute atomic E-state index is 13.9. The average molecular weight is 605 g/mol. The van der Waals surface area contributed by atoms with E-state index in [0.717, 1.165) is 11.1 Å². The smallest absolute Gasteiger partial charge is 0.304 e. The third-order valence-corrected chi connectivity index (χ3v) is 7.01.